The Kier molecular flexibility index (Phi) is 5.97. The highest BCUT2D eigenvalue weighted by atomic mass is 32.2. The fourth-order valence-corrected chi connectivity index (χ4v) is 2.28. The molecule has 0 spiro atoms. The molecule has 2 unspecified atom stereocenters. The lowest BCUT2D eigenvalue weighted by Gasteiger charge is -2.29. The Bertz CT molecular complexity index is 115. The fourth-order valence-electron chi connectivity index (χ4n) is 1.22. The summed E-state index contributed by atoms with van der Waals surface area (Å²) in [5.41, 5.74) is -0.110. The summed E-state index contributed by atoms with van der Waals surface area (Å²) in [5, 5.41) is 12.9. The third-order valence-corrected chi connectivity index (χ3v) is 3.21. The smallest absolute Gasteiger partial charge is 0.0610 e. The maximum Gasteiger partial charge on any atom is 0.0610 e. The third-order valence-electron chi connectivity index (χ3n) is 2.14. The zero-order valence-electron chi connectivity index (χ0n) is 8.55. The Morgan fingerprint density at radius 2 is 2.17 bits per heavy atom. The van der Waals surface area contributed by atoms with E-state index in [0.29, 0.717) is 5.25 Å². The van der Waals surface area contributed by atoms with Crippen molar-refractivity contribution < 1.29 is 5.11 Å². The monoisotopic (exact) mass is 191 g/mol. The lowest BCUT2D eigenvalue weighted by Crippen LogP contribution is -2.45. The van der Waals surface area contributed by atoms with Gasteiger partial charge < -0.3 is 10.4 Å². The standard InChI is InChI=1S/C9H21NOS/c1-5-12-8(2)6-9(3,7-11)10-4/h8,10-11H,5-7H2,1-4H3. The zero-order valence-corrected chi connectivity index (χ0v) is 9.37. The van der Waals surface area contributed by atoms with E-state index < -0.39 is 0 Å². The van der Waals surface area contributed by atoms with Crippen LogP contribution in [0.25, 0.3) is 0 Å². The average molecular weight is 191 g/mol. The maximum absolute atomic E-state index is 9.13. The van der Waals surface area contributed by atoms with Gasteiger partial charge in [-0.25, -0.2) is 0 Å². The van der Waals surface area contributed by atoms with Crippen molar-refractivity contribution >= 4 is 11.8 Å². The second-order valence-electron chi connectivity index (χ2n) is 3.44. The van der Waals surface area contributed by atoms with Gasteiger partial charge in [-0.15, -0.1) is 0 Å². The maximum atomic E-state index is 9.13. The third kappa shape index (κ3) is 4.33. The van der Waals surface area contributed by atoms with Crippen molar-refractivity contribution in [3.8, 4) is 0 Å². The molecule has 0 fully saturated rings. The van der Waals surface area contributed by atoms with Crippen LogP contribution in [0.2, 0.25) is 0 Å². The van der Waals surface area contributed by atoms with E-state index in [1.165, 1.54) is 0 Å². The summed E-state index contributed by atoms with van der Waals surface area (Å²) in [6.07, 6.45) is 1.01. The van der Waals surface area contributed by atoms with Crippen molar-refractivity contribution in [3.63, 3.8) is 0 Å². The van der Waals surface area contributed by atoms with Crippen molar-refractivity contribution in [1.82, 2.24) is 5.32 Å². The molecule has 3 heteroatoms. The van der Waals surface area contributed by atoms with E-state index in [1.807, 2.05) is 18.8 Å². The summed E-state index contributed by atoms with van der Waals surface area (Å²) in [7, 11) is 1.90. The highest BCUT2D eigenvalue weighted by Crippen LogP contribution is 2.20. The van der Waals surface area contributed by atoms with Gasteiger partial charge in [-0.1, -0.05) is 13.8 Å². The van der Waals surface area contributed by atoms with Gasteiger partial charge in [-0.3, -0.25) is 0 Å². The number of likely N-dealkylation sites (N-methyl/N-ethyl adjacent to an activating group) is 1. The molecular formula is C9H21NOS. The SMILES string of the molecule is CCSC(C)CC(C)(CO)NC. The molecule has 2 N–H and O–H groups in total. The van der Waals surface area contributed by atoms with Crippen LogP contribution in [0, 0.1) is 0 Å². The van der Waals surface area contributed by atoms with Crippen molar-refractivity contribution in [2.45, 2.75) is 38.0 Å². The summed E-state index contributed by atoms with van der Waals surface area (Å²) in [5.74, 6) is 1.15. The number of thioether (sulfide) groups is 1. The number of nitrogens with one attached hydrogen (secondary N) is 1. The Morgan fingerprint density at radius 1 is 1.58 bits per heavy atom. The normalized spacial score (nSPS) is 18.8. The Hall–Kier alpha value is 0.270. The predicted molar refractivity (Wildman–Crippen MR) is 56.8 cm³/mol. The molecule has 0 amide bonds. The molecule has 0 radical (unpaired) electrons. The van der Waals surface area contributed by atoms with Crippen LogP contribution in [0.1, 0.15) is 27.2 Å². The van der Waals surface area contributed by atoms with Crippen LogP contribution < -0.4 is 5.32 Å². The molecule has 2 nitrogen and oxygen atoms in total. The summed E-state index contributed by atoms with van der Waals surface area (Å²) < 4.78 is 0. The molecule has 0 bridgehead atoms. The van der Waals surface area contributed by atoms with Gasteiger partial charge >= 0.3 is 0 Å². The lowest BCUT2D eigenvalue weighted by atomic mass is 9.98. The minimum atomic E-state index is -0.110. The minimum Gasteiger partial charge on any atom is -0.394 e. The zero-order chi connectivity index (χ0) is 9.61. The van der Waals surface area contributed by atoms with Gasteiger partial charge in [0.2, 0.25) is 0 Å². The predicted octanol–water partition coefficient (Wildman–Crippen LogP) is 1.49. The van der Waals surface area contributed by atoms with Crippen molar-refractivity contribution in [3.05, 3.63) is 0 Å². The highest BCUT2D eigenvalue weighted by Gasteiger charge is 2.23. The number of rotatable bonds is 6. The Balaban J connectivity index is 3.84. The lowest BCUT2D eigenvalue weighted by molar-refractivity contribution is 0.174. The topological polar surface area (TPSA) is 32.3 Å². The quantitative estimate of drug-likeness (QED) is 0.667. The summed E-state index contributed by atoms with van der Waals surface area (Å²) in [6, 6.07) is 0. The van der Waals surface area contributed by atoms with E-state index in [0.717, 1.165) is 12.2 Å². The van der Waals surface area contributed by atoms with Crippen molar-refractivity contribution in [2.24, 2.45) is 0 Å². The molecule has 2 atom stereocenters. The first-order chi connectivity index (χ1) is 5.58. The van der Waals surface area contributed by atoms with E-state index in [2.05, 4.69) is 26.1 Å². The van der Waals surface area contributed by atoms with Crippen molar-refractivity contribution in [1.29, 1.82) is 0 Å². The van der Waals surface area contributed by atoms with Crippen LogP contribution in [-0.4, -0.2) is 35.3 Å². The van der Waals surface area contributed by atoms with Gasteiger partial charge in [-0.05, 0) is 26.1 Å². The molecule has 0 saturated carbocycles. The van der Waals surface area contributed by atoms with Gasteiger partial charge in [0.1, 0.15) is 0 Å². The van der Waals surface area contributed by atoms with Gasteiger partial charge in [0.15, 0.2) is 0 Å². The van der Waals surface area contributed by atoms with E-state index in [-0.39, 0.29) is 12.1 Å². The molecule has 0 aliphatic carbocycles. The fraction of sp³-hybridized carbons (Fsp3) is 1.00. The Morgan fingerprint density at radius 3 is 2.50 bits per heavy atom. The van der Waals surface area contributed by atoms with Crippen LogP contribution in [0.5, 0.6) is 0 Å². The molecule has 0 heterocycles. The van der Waals surface area contributed by atoms with Crippen LogP contribution in [0.3, 0.4) is 0 Å². The molecule has 0 aromatic heterocycles. The van der Waals surface area contributed by atoms with Gasteiger partial charge in [0, 0.05) is 10.8 Å². The molecule has 0 rings (SSSR count). The molecular weight excluding hydrogens is 170 g/mol. The largest absolute Gasteiger partial charge is 0.394 e. The number of hydrogen-bond donors (Lipinski definition) is 2. The highest BCUT2D eigenvalue weighted by molar-refractivity contribution is 7.99. The molecule has 0 aromatic rings. The van der Waals surface area contributed by atoms with Gasteiger partial charge in [-0.2, -0.15) is 11.8 Å². The number of aliphatic hydroxyl groups is 1. The second kappa shape index (κ2) is 5.84. The summed E-state index contributed by atoms with van der Waals surface area (Å²) in [6.45, 7) is 6.63. The minimum absolute atomic E-state index is 0.110. The van der Waals surface area contributed by atoms with Crippen molar-refractivity contribution in [2.75, 3.05) is 19.4 Å². The molecule has 74 valence electrons. The average Bonchev–Trinajstić information content (AvgIpc) is 2.05. The van der Waals surface area contributed by atoms with E-state index >= 15 is 0 Å². The number of aliphatic hydroxyl groups excluding tert-OH is 1. The van der Waals surface area contributed by atoms with Gasteiger partial charge in [0.25, 0.3) is 0 Å². The van der Waals surface area contributed by atoms with Crippen LogP contribution in [0.15, 0.2) is 0 Å². The first-order valence-electron chi connectivity index (χ1n) is 4.49. The van der Waals surface area contributed by atoms with E-state index in [1.54, 1.807) is 0 Å². The molecule has 12 heavy (non-hydrogen) atoms. The molecule has 0 saturated heterocycles. The van der Waals surface area contributed by atoms with Gasteiger partial charge in [0.05, 0.1) is 6.61 Å². The Labute approximate surface area is 80.1 Å². The van der Waals surface area contributed by atoms with Crippen LogP contribution in [-0.2, 0) is 0 Å². The molecule has 0 aliphatic rings. The first kappa shape index (κ1) is 12.3. The van der Waals surface area contributed by atoms with E-state index in [4.69, 9.17) is 5.11 Å². The number of hydrogen-bond acceptors (Lipinski definition) is 3. The van der Waals surface area contributed by atoms with Crippen LogP contribution in [0.4, 0.5) is 0 Å². The summed E-state index contributed by atoms with van der Waals surface area (Å²) in [4.78, 5) is 0. The van der Waals surface area contributed by atoms with E-state index in [9.17, 15) is 0 Å². The molecule has 0 aliphatic heterocycles. The summed E-state index contributed by atoms with van der Waals surface area (Å²) >= 11 is 1.94. The van der Waals surface area contributed by atoms with Crippen LogP contribution >= 0.6 is 11.8 Å². The first-order valence-corrected chi connectivity index (χ1v) is 5.54. The second-order valence-corrected chi connectivity index (χ2v) is 5.15. The molecule has 0 aromatic carbocycles.